The van der Waals surface area contributed by atoms with Crippen LogP contribution in [0.3, 0.4) is 0 Å². The first-order chi connectivity index (χ1) is 17.2. The van der Waals surface area contributed by atoms with Gasteiger partial charge in [-0.3, -0.25) is 14.4 Å². The van der Waals surface area contributed by atoms with Gasteiger partial charge in [0.05, 0.1) is 0 Å². The van der Waals surface area contributed by atoms with Crippen LogP contribution in [-0.2, 0) is 11.2 Å². The zero-order valence-electron chi connectivity index (χ0n) is 20.9. The van der Waals surface area contributed by atoms with E-state index in [1.165, 1.54) is 6.92 Å². The summed E-state index contributed by atoms with van der Waals surface area (Å²) in [7, 11) is 2.07. The predicted octanol–water partition coefficient (Wildman–Crippen LogP) is 3.68. The Morgan fingerprint density at radius 1 is 0.917 bits per heavy atom. The minimum Gasteiger partial charge on any atom is -0.366 e. The molecule has 0 radical (unpaired) electrons. The highest BCUT2D eigenvalue weighted by Gasteiger charge is 2.29. The molecule has 1 heterocycles. The van der Waals surface area contributed by atoms with Crippen LogP contribution in [0.25, 0.3) is 22.3 Å². The van der Waals surface area contributed by atoms with Gasteiger partial charge in [0.2, 0.25) is 11.8 Å². The number of nitrogens with two attached hydrogens (primary N) is 1. The molecule has 5 rings (SSSR count). The van der Waals surface area contributed by atoms with Gasteiger partial charge in [0.15, 0.2) is 0 Å². The molecule has 1 saturated heterocycles. The molecule has 3 N–H and O–H groups in total. The summed E-state index contributed by atoms with van der Waals surface area (Å²) < 4.78 is 0. The Morgan fingerprint density at radius 2 is 1.64 bits per heavy atom. The summed E-state index contributed by atoms with van der Waals surface area (Å²) in [5.74, 6) is -0.563. The van der Waals surface area contributed by atoms with Gasteiger partial charge in [-0.15, -0.1) is 0 Å². The fourth-order valence-corrected chi connectivity index (χ4v) is 5.35. The zero-order chi connectivity index (χ0) is 25.6. The van der Waals surface area contributed by atoms with E-state index in [0.29, 0.717) is 30.6 Å². The van der Waals surface area contributed by atoms with E-state index in [2.05, 4.69) is 17.3 Å². The molecule has 1 aliphatic carbocycles. The third kappa shape index (κ3) is 4.16. The fraction of sp³-hybridized carbons (Fsp3) is 0.276. The summed E-state index contributed by atoms with van der Waals surface area (Å²) in [5.41, 5.74) is 14.4. The molecule has 2 aliphatic rings. The summed E-state index contributed by atoms with van der Waals surface area (Å²) in [6, 6.07) is 15.4. The van der Waals surface area contributed by atoms with Crippen molar-refractivity contribution in [3.63, 3.8) is 0 Å². The molecule has 184 valence electrons. The van der Waals surface area contributed by atoms with Gasteiger partial charge in [0.1, 0.15) is 0 Å². The van der Waals surface area contributed by atoms with Gasteiger partial charge < -0.3 is 20.9 Å². The number of likely N-dealkylation sites (N-methyl/N-ethyl adjacent to an activating group) is 1. The van der Waals surface area contributed by atoms with Crippen molar-refractivity contribution in [1.82, 2.24) is 9.80 Å². The van der Waals surface area contributed by atoms with E-state index in [-0.39, 0.29) is 11.8 Å². The normalized spacial score (nSPS) is 14.8. The van der Waals surface area contributed by atoms with Crippen molar-refractivity contribution in [2.45, 2.75) is 20.3 Å². The minimum atomic E-state index is -0.469. The molecule has 3 aromatic carbocycles. The molecule has 0 atom stereocenters. The van der Waals surface area contributed by atoms with Crippen LogP contribution < -0.4 is 11.1 Å². The molecule has 3 amide bonds. The maximum absolute atomic E-state index is 13.2. The number of carbonyl (C=O) groups is 3. The average Bonchev–Trinajstić information content (AvgIpc) is 3.23. The van der Waals surface area contributed by atoms with Crippen LogP contribution in [0.1, 0.15) is 44.3 Å². The van der Waals surface area contributed by atoms with Crippen LogP contribution in [0.2, 0.25) is 0 Å². The monoisotopic (exact) mass is 482 g/mol. The number of piperazine rings is 1. The van der Waals surface area contributed by atoms with Crippen LogP contribution in [-0.4, -0.2) is 60.7 Å². The third-order valence-electron chi connectivity index (χ3n) is 7.29. The Balaban J connectivity index is 1.59. The maximum Gasteiger partial charge on any atom is 0.253 e. The lowest BCUT2D eigenvalue weighted by atomic mass is 9.89. The molecule has 36 heavy (non-hydrogen) atoms. The van der Waals surface area contributed by atoms with Crippen molar-refractivity contribution in [2.24, 2.45) is 5.73 Å². The van der Waals surface area contributed by atoms with Crippen molar-refractivity contribution < 1.29 is 14.4 Å². The number of carbonyl (C=O) groups excluding carboxylic acids is 3. The molecule has 0 saturated carbocycles. The van der Waals surface area contributed by atoms with Gasteiger partial charge in [-0.2, -0.15) is 0 Å². The minimum absolute atomic E-state index is 0.0380. The molecule has 0 unspecified atom stereocenters. The van der Waals surface area contributed by atoms with Gasteiger partial charge in [0, 0.05) is 49.9 Å². The van der Waals surface area contributed by atoms with Gasteiger partial charge >= 0.3 is 0 Å². The zero-order valence-corrected chi connectivity index (χ0v) is 20.9. The molecule has 7 nitrogen and oxygen atoms in total. The number of nitrogens with one attached hydrogen (secondary N) is 1. The van der Waals surface area contributed by atoms with Gasteiger partial charge in [0.25, 0.3) is 5.91 Å². The lowest BCUT2D eigenvalue weighted by Crippen LogP contribution is -2.47. The number of nitrogens with zero attached hydrogens (tertiary/aromatic N) is 2. The quantitative estimate of drug-likeness (QED) is 0.464. The number of fused-ring (bicyclic) bond motifs is 3. The first kappa shape index (κ1) is 23.8. The lowest BCUT2D eigenvalue weighted by Gasteiger charge is -2.32. The van der Waals surface area contributed by atoms with E-state index < -0.39 is 5.91 Å². The third-order valence-corrected chi connectivity index (χ3v) is 7.29. The SMILES string of the molecule is CC(=O)Nc1cccc(-c2ccc(C(N)=O)c3c2-c2ccc(C(=O)N4CCN(C)CC4)cc2C3)c1C. The van der Waals surface area contributed by atoms with E-state index in [9.17, 15) is 14.4 Å². The number of hydrogen-bond donors (Lipinski definition) is 2. The summed E-state index contributed by atoms with van der Waals surface area (Å²) in [6.45, 7) is 6.62. The van der Waals surface area contributed by atoms with Crippen molar-refractivity contribution in [3.05, 3.63) is 76.3 Å². The standard InChI is InChI=1S/C29H30N4O3/c1-17-21(5-4-6-26(17)31-18(2)34)23-9-10-24(28(30)35)25-16-20-15-19(7-8-22(20)27(23)25)29(36)33-13-11-32(3)12-14-33/h4-10,15H,11-14,16H2,1-3H3,(H2,30,35)(H,31,34). The van der Waals surface area contributed by atoms with Crippen molar-refractivity contribution >= 4 is 23.4 Å². The second kappa shape index (κ2) is 9.24. The molecule has 0 aromatic heterocycles. The number of benzene rings is 3. The molecule has 1 aliphatic heterocycles. The molecule has 7 heteroatoms. The van der Waals surface area contributed by atoms with Crippen molar-refractivity contribution in [3.8, 4) is 22.3 Å². The molecular formula is C29H30N4O3. The van der Waals surface area contributed by atoms with Crippen LogP contribution in [0, 0.1) is 6.92 Å². The fourth-order valence-electron chi connectivity index (χ4n) is 5.35. The Labute approximate surface area is 210 Å². The molecule has 0 spiro atoms. The summed E-state index contributed by atoms with van der Waals surface area (Å²) in [5, 5.41) is 2.90. The number of rotatable bonds is 4. The number of amides is 3. The van der Waals surface area contributed by atoms with Crippen molar-refractivity contribution in [2.75, 3.05) is 38.5 Å². The maximum atomic E-state index is 13.2. The second-order valence-corrected chi connectivity index (χ2v) is 9.68. The Kier molecular flexibility index (Phi) is 6.10. The summed E-state index contributed by atoms with van der Waals surface area (Å²) in [4.78, 5) is 41.4. The highest BCUT2D eigenvalue weighted by atomic mass is 16.2. The number of hydrogen-bond acceptors (Lipinski definition) is 4. The molecule has 1 fully saturated rings. The van der Waals surface area contributed by atoms with Crippen LogP contribution >= 0.6 is 0 Å². The van der Waals surface area contributed by atoms with E-state index in [4.69, 9.17) is 5.73 Å². The van der Waals surface area contributed by atoms with Crippen LogP contribution in [0.5, 0.6) is 0 Å². The lowest BCUT2D eigenvalue weighted by molar-refractivity contribution is -0.114. The Bertz CT molecular complexity index is 1400. The van der Waals surface area contributed by atoms with Gasteiger partial charge in [-0.25, -0.2) is 0 Å². The number of anilines is 1. The first-order valence-electron chi connectivity index (χ1n) is 12.2. The Morgan fingerprint density at radius 3 is 2.33 bits per heavy atom. The molecule has 0 bridgehead atoms. The topological polar surface area (TPSA) is 95.7 Å². The van der Waals surface area contributed by atoms with Crippen LogP contribution in [0.15, 0.2) is 48.5 Å². The van der Waals surface area contributed by atoms with Gasteiger partial charge in [-0.05, 0) is 83.6 Å². The Hall–Kier alpha value is -3.97. The highest BCUT2D eigenvalue weighted by molar-refractivity contribution is 6.03. The predicted molar refractivity (Wildman–Crippen MR) is 141 cm³/mol. The smallest absolute Gasteiger partial charge is 0.253 e. The highest BCUT2D eigenvalue weighted by Crippen LogP contribution is 2.46. The largest absolute Gasteiger partial charge is 0.366 e. The van der Waals surface area contributed by atoms with Gasteiger partial charge in [-0.1, -0.05) is 24.3 Å². The molecular weight excluding hydrogens is 452 g/mol. The summed E-state index contributed by atoms with van der Waals surface area (Å²) >= 11 is 0. The van der Waals surface area contributed by atoms with Crippen LogP contribution in [0.4, 0.5) is 5.69 Å². The van der Waals surface area contributed by atoms with E-state index >= 15 is 0 Å². The first-order valence-corrected chi connectivity index (χ1v) is 12.2. The summed E-state index contributed by atoms with van der Waals surface area (Å²) in [6.07, 6.45) is 0.533. The number of primary amides is 1. The average molecular weight is 483 g/mol. The van der Waals surface area contributed by atoms with E-state index in [0.717, 1.165) is 57.7 Å². The van der Waals surface area contributed by atoms with Crippen molar-refractivity contribution in [1.29, 1.82) is 0 Å². The second-order valence-electron chi connectivity index (χ2n) is 9.68. The van der Waals surface area contributed by atoms with E-state index in [1.807, 2.05) is 54.3 Å². The molecule has 3 aromatic rings. The van der Waals surface area contributed by atoms with E-state index in [1.54, 1.807) is 6.07 Å².